The highest BCUT2D eigenvalue weighted by Crippen LogP contribution is 2.28. The second kappa shape index (κ2) is 5.14. The Hall–Kier alpha value is -1.32. The molecular weight excluding hydrogens is 200 g/mol. The van der Waals surface area contributed by atoms with Crippen LogP contribution in [0.25, 0.3) is 0 Å². The van der Waals surface area contributed by atoms with Gasteiger partial charge in [0.25, 0.3) is 0 Å². The largest absolute Gasteiger partial charge is 0.373 e. The summed E-state index contributed by atoms with van der Waals surface area (Å²) in [5.74, 6) is 2.57. The molecule has 0 saturated heterocycles. The number of anilines is 2. The third-order valence-corrected chi connectivity index (χ3v) is 3.41. The average Bonchev–Trinajstić information content (AvgIpc) is 2.83. The lowest BCUT2D eigenvalue weighted by molar-refractivity contribution is 0.481. The van der Waals surface area contributed by atoms with E-state index in [1.165, 1.54) is 25.7 Å². The summed E-state index contributed by atoms with van der Waals surface area (Å²) < 4.78 is 0. The summed E-state index contributed by atoms with van der Waals surface area (Å²) in [5.41, 5.74) is 0. The van der Waals surface area contributed by atoms with Gasteiger partial charge in [-0.25, -0.2) is 9.97 Å². The maximum atomic E-state index is 4.24. The van der Waals surface area contributed by atoms with E-state index < -0.39 is 0 Å². The standard InChI is InChI=1S/C12H20N4/c1-9(10-5-3-4-6-10)16-12-7-11(13-2)14-8-15-12/h7-10H,3-6H2,1-2H3,(H2,13,14,15,16). The lowest BCUT2D eigenvalue weighted by Crippen LogP contribution is -2.24. The topological polar surface area (TPSA) is 49.8 Å². The van der Waals surface area contributed by atoms with Crippen molar-refractivity contribution < 1.29 is 0 Å². The second-order valence-electron chi connectivity index (χ2n) is 4.52. The third kappa shape index (κ3) is 2.62. The van der Waals surface area contributed by atoms with Gasteiger partial charge in [-0.3, -0.25) is 0 Å². The van der Waals surface area contributed by atoms with Crippen LogP contribution in [0.5, 0.6) is 0 Å². The highest BCUT2D eigenvalue weighted by molar-refractivity contribution is 5.46. The molecule has 0 aromatic carbocycles. The summed E-state index contributed by atoms with van der Waals surface area (Å²) in [6, 6.07) is 2.45. The zero-order valence-electron chi connectivity index (χ0n) is 10.0. The summed E-state index contributed by atoms with van der Waals surface area (Å²) in [4.78, 5) is 8.34. The van der Waals surface area contributed by atoms with E-state index in [1.54, 1.807) is 6.33 Å². The quantitative estimate of drug-likeness (QED) is 0.818. The van der Waals surface area contributed by atoms with Crippen LogP contribution in [0.15, 0.2) is 12.4 Å². The Labute approximate surface area is 96.9 Å². The Morgan fingerprint density at radius 1 is 1.25 bits per heavy atom. The number of hydrogen-bond donors (Lipinski definition) is 2. The van der Waals surface area contributed by atoms with Gasteiger partial charge in [0.15, 0.2) is 0 Å². The van der Waals surface area contributed by atoms with Crippen LogP contribution in [0.3, 0.4) is 0 Å². The smallest absolute Gasteiger partial charge is 0.131 e. The second-order valence-corrected chi connectivity index (χ2v) is 4.52. The zero-order chi connectivity index (χ0) is 11.4. The summed E-state index contributed by atoms with van der Waals surface area (Å²) >= 11 is 0. The highest BCUT2D eigenvalue weighted by Gasteiger charge is 2.21. The number of nitrogens with one attached hydrogen (secondary N) is 2. The van der Waals surface area contributed by atoms with Gasteiger partial charge in [-0.2, -0.15) is 0 Å². The minimum atomic E-state index is 0.502. The minimum absolute atomic E-state index is 0.502. The van der Waals surface area contributed by atoms with E-state index in [4.69, 9.17) is 0 Å². The van der Waals surface area contributed by atoms with Crippen molar-refractivity contribution in [1.29, 1.82) is 0 Å². The summed E-state index contributed by atoms with van der Waals surface area (Å²) in [6.45, 7) is 2.25. The minimum Gasteiger partial charge on any atom is -0.373 e. The number of rotatable bonds is 4. The van der Waals surface area contributed by atoms with Crippen molar-refractivity contribution in [3.8, 4) is 0 Å². The number of hydrogen-bond acceptors (Lipinski definition) is 4. The normalized spacial score (nSPS) is 18.4. The zero-order valence-corrected chi connectivity index (χ0v) is 10.0. The molecule has 0 aliphatic heterocycles. The molecule has 0 bridgehead atoms. The Morgan fingerprint density at radius 3 is 2.62 bits per heavy atom. The molecule has 0 amide bonds. The summed E-state index contributed by atoms with van der Waals surface area (Å²) in [5, 5.41) is 6.49. The molecule has 1 heterocycles. The van der Waals surface area contributed by atoms with Crippen molar-refractivity contribution in [3.63, 3.8) is 0 Å². The Morgan fingerprint density at radius 2 is 1.94 bits per heavy atom. The van der Waals surface area contributed by atoms with E-state index >= 15 is 0 Å². The maximum absolute atomic E-state index is 4.24. The molecule has 88 valence electrons. The first-order valence-corrected chi connectivity index (χ1v) is 6.06. The highest BCUT2D eigenvalue weighted by atomic mass is 15.1. The molecule has 1 saturated carbocycles. The molecule has 2 N–H and O–H groups in total. The van der Waals surface area contributed by atoms with E-state index in [2.05, 4.69) is 27.5 Å². The van der Waals surface area contributed by atoms with E-state index in [0.29, 0.717) is 6.04 Å². The molecule has 0 radical (unpaired) electrons. The molecule has 1 aliphatic rings. The fraction of sp³-hybridized carbons (Fsp3) is 0.667. The summed E-state index contributed by atoms with van der Waals surface area (Å²) in [6.07, 6.45) is 7.04. The van der Waals surface area contributed by atoms with Gasteiger partial charge in [-0.15, -0.1) is 0 Å². The predicted molar refractivity (Wildman–Crippen MR) is 66.6 cm³/mol. The molecule has 4 nitrogen and oxygen atoms in total. The van der Waals surface area contributed by atoms with Crippen LogP contribution < -0.4 is 10.6 Å². The maximum Gasteiger partial charge on any atom is 0.131 e. The van der Waals surface area contributed by atoms with Crippen molar-refractivity contribution in [3.05, 3.63) is 12.4 Å². The van der Waals surface area contributed by atoms with Crippen LogP contribution in [-0.2, 0) is 0 Å². The monoisotopic (exact) mass is 220 g/mol. The van der Waals surface area contributed by atoms with Crippen LogP contribution >= 0.6 is 0 Å². The number of nitrogens with zero attached hydrogens (tertiary/aromatic N) is 2. The van der Waals surface area contributed by atoms with Crippen molar-refractivity contribution in [1.82, 2.24) is 9.97 Å². The number of aromatic nitrogens is 2. The Bertz CT molecular complexity index is 334. The van der Waals surface area contributed by atoms with E-state index in [0.717, 1.165) is 17.6 Å². The van der Waals surface area contributed by atoms with Crippen molar-refractivity contribution in [2.75, 3.05) is 17.7 Å². The lowest BCUT2D eigenvalue weighted by Gasteiger charge is -2.20. The first kappa shape index (κ1) is 11.2. The van der Waals surface area contributed by atoms with Gasteiger partial charge in [0, 0.05) is 19.2 Å². The van der Waals surface area contributed by atoms with E-state index in [-0.39, 0.29) is 0 Å². The molecule has 1 aromatic heterocycles. The van der Waals surface area contributed by atoms with Crippen LogP contribution in [0, 0.1) is 5.92 Å². The van der Waals surface area contributed by atoms with Gasteiger partial charge >= 0.3 is 0 Å². The Kier molecular flexibility index (Phi) is 3.59. The van der Waals surface area contributed by atoms with Gasteiger partial charge < -0.3 is 10.6 Å². The molecule has 0 spiro atoms. The van der Waals surface area contributed by atoms with Crippen LogP contribution in [0.2, 0.25) is 0 Å². The van der Waals surface area contributed by atoms with Gasteiger partial charge in [-0.05, 0) is 25.7 Å². The molecule has 2 rings (SSSR count). The molecule has 16 heavy (non-hydrogen) atoms. The fourth-order valence-corrected chi connectivity index (χ4v) is 2.38. The molecule has 1 unspecified atom stereocenters. The van der Waals surface area contributed by atoms with Gasteiger partial charge in [-0.1, -0.05) is 12.8 Å². The van der Waals surface area contributed by atoms with Crippen molar-refractivity contribution >= 4 is 11.6 Å². The molecule has 1 aromatic rings. The molecule has 1 atom stereocenters. The van der Waals surface area contributed by atoms with E-state index in [1.807, 2.05) is 13.1 Å². The predicted octanol–water partition coefficient (Wildman–Crippen LogP) is 2.51. The average molecular weight is 220 g/mol. The molecule has 1 aliphatic carbocycles. The van der Waals surface area contributed by atoms with Crippen LogP contribution in [-0.4, -0.2) is 23.1 Å². The van der Waals surface area contributed by atoms with Crippen molar-refractivity contribution in [2.24, 2.45) is 5.92 Å². The third-order valence-electron chi connectivity index (χ3n) is 3.41. The molecular formula is C12H20N4. The molecule has 4 heteroatoms. The van der Waals surface area contributed by atoms with Crippen LogP contribution in [0.1, 0.15) is 32.6 Å². The van der Waals surface area contributed by atoms with E-state index in [9.17, 15) is 0 Å². The Balaban J connectivity index is 1.96. The van der Waals surface area contributed by atoms with Gasteiger partial charge in [0.05, 0.1) is 0 Å². The van der Waals surface area contributed by atoms with Crippen molar-refractivity contribution in [2.45, 2.75) is 38.6 Å². The molecule has 1 fully saturated rings. The SMILES string of the molecule is CNc1cc(NC(C)C2CCCC2)ncn1. The fourth-order valence-electron chi connectivity index (χ4n) is 2.38. The van der Waals surface area contributed by atoms with Gasteiger partial charge in [0.2, 0.25) is 0 Å². The van der Waals surface area contributed by atoms with Gasteiger partial charge in [0.1, 0.15) is 18.0 Å². The summed E-state index contributed by atoms with van der Waals surface area (Å²) in [7, 11) is 1.87. The van der Waals surface area contributed by atoms with Crippen LogP contribution in [0.4, 0.5) is 11.6 Å². The lowest BCUT2D eigenvalue weighted by atomic mass is 10.00. The first-order valence-electron chi connectivity index (χ1n) is 6.06. The first-order chi connectivity index (χ1) is 7.79.